The maximum absolute atomic E-state index is 11.5. The lowest BCUT2D eigenvalue weighted by Crippen LogP contribution is -2.36. The van der Waals surface area contributed by atoms with Gasteiger partial charge >= 0.3 is 5.97 Å². The number of hydrogen-bond donors (Lipinski definition) is 2. The normalized spacial score (nSPS) is 21.8. The summed E-state index contributed by atoms with van der Waals surface area (Å²) in [6, 6.07) is 11.1. The van der Waals surface area contributed by atoms with Gasteiger partial charge in [0.2, 0.25) is 12.2 Å². The molecule has 1 fully saturated rings. The Kier molecular flexibility index (Phi) is 4.12. The number of carbonyl (C=O) groups is 1. The maximum Gasteiger partial charge on any atom is 0.326 e. The summed E-state index contributed by atoms with van der Waals surface area (Å²) in [4.78, 5) is 17.8. The van der Waals surface area contributed by atoms with E-state index in [2.05, 4.69) is 4.98 Å². The molecule has 2 aliphatic rings. The smallest absolute Gasteiger partial charge is 0.326 e. The van der Waals surface area contributed by atoms with E-state index in [1.165, 1.54) is 0 Å². The molecule has 3 heterocycles. The lowest BCUT2D eigenvalue weighted by atomic mass is 9.93. The molecule has 0 amide bonds. The molecular formula is C20H20N2O4. The molecule has 1 saturated heterocycles. The highest BCUT2D eigenvalue weighted by atomic mass is 16.6. The van der Waals surface area contributed by atoms with E-state index in [-0.39, 0.29) is 0 Å². The summed E-state index contributed by atoms with van der Waals surface area (Å²) < 4.78 is 5.51. The van der Waals surface area contributed by atoms with Gasteiger partial charge in [-0.1, -0.05) is 24.3 Å². The molecule has 0 aliphatic carbocycles. The van der Waals surface area contributed by atoms with Crippen molar-refractivity contribution in [2.24, 2.45) is 0 Å². The number of carboxylic acid groups (broad SMARTS) is 1. The fourth-order valence-corrected chi connectivity index (χ4v) is 3.67. The maximum atomic E-state index is 11.5. The summed E-state index contributed by atoms with van der Waals surface area (Å²) in [6.07, 6.45) is 2.00. The van der Waals surface area contributed by atoms with Crippen molar-refractivity contribution in [2.75, 3.05) is 11.4 Å². The van der Waals surface area contributed by atoms with Crippen molar-refractivity contribution in [1.29, 1.82) is 0 Å². The Morgan fingerprint density at radius 2 is 2.04 bits per heavy atom. The van der Waals surface area contributed by atoms with Crippen LogP contribution >= 0.6 is 0 Å². The van der Waals surface area contributed by atoms with Crippen LogP contribution in [0.5, 0.6) is 5.88 Å². The Morgan fingerprint density at radius 3 is 2.81 bits per heavy atom. The molecule has 2 N–H and O–H groups in total. The first-order valence-corrected chi connectivity index (χ1v) is 8.68. The largest absolute Gasteiger partial charge is 0.480 e. The minimum atomic E-state index is -1.09. The van der Waals surface area contributed by atoms with E-state index in [4.69, 9.17) is 4.74 Å². The zero-order valence-corrected chi connectivity index (χ0v) is 14.4. The molecule has 6 heteroatoms. The number of rotatable bonds is 3. The van der Waals surface area contributed by atoms with Crippen molar-refractivity contribution in [3.05, 3.63) is 59.2 Å². The van der Waals surface area contributed by atoms with E-state index in [1.807, 2.05) is 43.3 Å². The number of aliphatic hydroxyl groups excluding tert-OH is 1. The monoisotopic (exact) mass is 352 g/mol. The van der Waals surface area contributed by atoms with Crippen molar-refractivity contribution in [3.8, 4) is 5.88 Å². The van der Waals surface area contributed by atoms with Crippen LogP contribution in [0.15, 0.2) is 42.5 Å². The summed E-state index contributed by atoms with van der Waals surface area (Å²) >= 11 is 0. The van der Waals surface area contributed by atoms with Gasteiger partial charge in [-0.05, 0) is 54.7 Å². The molecule has 2 unspecified atom stereocenters. The molecule has 2 atom stereocenters. The van der Waals surface area contributed by atoms with E-state index in [0.717, 1.165) is 28.7 Å². The number of anilines is 1. The van der Waals surface area contributed by atoms with Crippen LogP contribution in [-0.4, -0.2) is 40.0 Å². The summed E-state index contributed by atoms with van der Waals surface area (Å²) in [5.74, 6) is 0.0437. The molecule has 134 valence electrons. The molecule has 6 nitrogen and oxygen atoms in total. The highest BCUT2D eigenvalue weighted by Gasteiger charge is 2.32. The number of hydrogen-bond acceptors (Lipinski definition) is 5. The van der Waals surface area contributed by atoms with Gasteiger partial charge < -0.3 is 19.8 Å². The van der Waals surface area contributed by atoms with Gasteiger partial charge in [0.05, 0.1) is 0 Å². The van der Waals surface area contributed by atoms with Crippen LogP contribution in [0.3, 0.4) is 0 Å². The Morgan fingerprint density at radius 1 is 1.23 bits per heavy atom. The molecule has 0 saturated carbocycles. The Bertz CT molecular complexity index is 893. The number of pyridine rings is 1. The predicted molar refractivity (Wildman–Crippen MR) is 97.1 cm³/mol. The number of ether oxygens (including phenoxy) is 1. The van der Waals surface area contributed by atoms with Crippen LogP contribution in [0, 0.1) is 6.92 Å². The Labute approximate surface area is 151 Å². The highest BCUT2D eigenvalue weighted by Crippen LogP contribution is 2.37. The van der Waals surface area contributed by atoms with Crippen molar-refractivity contribution < 1.29 is 19.7 Å². The van der Waals surface area contributed by atoms with Crippen molar-refractivity contribution in [3.63, 3.8) is 0 Å². The van der Waals surface area contributed by atoms with Crippen LogP contribution < -0.4 is 9.64 Å². The summed E-state index contributed by atoms with van der Waals surface area (Å²) in [5.41, 5.74) is 3.76. The molecule has 2 aromatic rings. The predicted octanol–water partition coefficient (Wildman–Crippen LogP) is 2.59. The average molecular weight is 352 g/mol. The second-order valence-corrected chi connectivity index (χ2v) is 6.62. The van der Waals surface area contributed by atoms with Crippen LogP contribution in [0.2, 0.25) is 0 Å². The number of fused-ring (bicyclic) bond motifs is 1. The average Bonchev–Trinajstić information content (AvgIpc) is 3.11. The number of aromatic nitrogens is 1. The zero-order valence-electron chi connectivity index (χ0n) is 14.4. The molecule has 2 aliphatic heterocycles. The third-order valence-electron chi connectivity index (χ3n) is 4.94. The molecule has 0 bridgehead atoms. The molecule has 26 heavy (non-hydrogen) atoms. The first-order chi connectivity index (χ1) is 12.5. The van der Waals surface area contributed by atoms with Gasteiger partial charge in [0.15, 0.2) is 0 Å². The quantitative estimate of drug-likeness (QED) is 0.883. The van der Waals surface area contributed by atoms with Crippen LogP contribution in [-0.2, 0) is 4.79 Å². The van der Waals surface area contributed by atoms with Gasteiger partial charge in [-0.3, -0.25) is 0 Å². The van der Waals surface area contributed by atoms with Crippen LogP contribution in [0.25, 0.3) is 5.57 Å². The SMILES string of the molecule is Cc1ccccc1C1=CC(O)Oc2nc(N3CCCC3C(=O)O)ccc21. The zero-order chi connectivity index (χ0) is 18.3. The van der Waals surface area contributed by atoms with Crippen LogP contribution in [0.1, 0.15) is 29.5 Å². The second-order valence-electron chi connectivity index (χ2n) is 6.62. The number of carboxylic acids is 1. The summed E-state index contributed by atoms with van der Waals surface area (Å²) in [7, 11) is 0. The summed E-state index contributed by atoms with van der Waals surface area (Å²) in [5, 5.41) is 19.5. The minimum Gasteiger partial charge on any atom is -0.480 e. The van der Waals surface area contributed by atoms with Crippen molar-refractivity contribution in [2.45, 2.75) is 32.1 Å². The van der Waals surface area contributed by atoms with E-state index < -0.39 is 18.3 Å². The third-order valence-corrected chi connectivity index (χ3v) is 4.94. The number of aliphatic hydroxyl groups is 1. The van der Waals surface area contributed by atoms with Crippen molar-refractivity contribution in [1.82, 2.24) is 4.98 Å². The Balaban J connectivity index is 1.75. The van der Waals surface area contributed by atoms with Gasteiger partial charge in [0.1, 0.15) is 11.9 Å². The van der Waals surface area contributed by atoms with Gasteiger partial charge in [-0.2, -0.15) is 4.98 Å². The van der Waals surface area contributed by atoms with Gasteiger partial charge in [-0.15, -0.1) is 0 Å². The fraction of sp³-hybridized carbons (Fsp3) is 0.300. The van der Waals surface area contributed by atoms with E-state index in [0.29, 0.717) is 24.7 Å². The van der Waals surface area contributed by atoms with Gasteiger partial charge in [0.25, 0.3) is 0 Å². The first kappa shape index (κ1) is 16.6. The third kappa shape index (κ3) is 2.82. The molecule has 1 aromatic heterocycles. The van der Waals surface area contributed by atoms with Gasteiger partial charge in [0, 0.05) is 12.1 Å². The minimum absolute atomic E-state index is 0.326. The number of benzene rings is 1. The molecule has 1 aromatic carbocycles. The second kappa shape index (κ2) is 6.46. The first-order valence-electron chi connectivity index (χ1n) is 8.68. The fourth-order valence-electron chi connectivity index (χ4n) is 3.67. The molecule has 4 rings (SSSR count). The summed E-state index contributed by atoms with van der Waals surface area (Å²) in [6.45, 7) is 2.66. The van der Waals surface area contributed by atoms with E-state index in [9.17, 15) is 15.0 Å². The van der Waals surface area contributed by atoms with E-state index >= 15 is 0 Å². The molecular weight excluding hydrogens is 332 g/mol. The van der Waals surface area contributed by atoms with E-state index in [1.54, 1.807) is 11.0 Å². The molecule has 0 spiro atoms. The lowest BCUT2D eigenvalue weighted by molar-refractivity contribution is -0.138. The molecule has 0 radical (unpaired) electrons. The Hall–Kier alpha value is -2.86. The van der Waals surface area contributed by atoms with Crippen LogP contribution in [0.4, 0.5) is 5.82 Å². The number of aryl methyl sites for hydroxylation is 1. The van der Waals surface area contributed by atoms with Crippen molar-refractivity contribution >= 4 is 17.4 Å². The number of aliphatic carboxylic acids is 1. The highest BCUT2D eigenvalue weighted by molar-refractivity contribution is 5.85. The van der Waals surface area contributed by atoms with Gasteiger partial charge in [-0.25, -0.2) is 4.79 Å². The lowest BCUT2D eigenvalue weighted by Gasteiger charge is -2.26. The number of nitrogens with zero attached hydrogens (tertiary/aromatic N) is 2. The topological polar surface area (TPSA) is 82.9 Å². The standard InChI is InChI=1S/C20H20N2O4/c1-12-5-2-3-6-13(12)15-11-18(23)26-19-14(15)8-9-17(21-19)22-10-4-7-16(22)20(24)25/h2-3,5-6,8-9,11,16,18,23H,4,7,10H2,1H3,(H,24,25).